The quantitative estimate of drug-likeness (QED) is 0.736. The molecule has 0 fully saturated rings. The molecular formula is C11H12N2O2. The van der Waals surface area contributed by atoms with Gasteiger partial charge in [0.25, 0.3) is 0 Å². The summed E-state index contributed by atoms with van der Waals surface area (Å²) in [6.45, 7) is 0. The van der Waals surface area contributed by atoms with Crippen LogP contribution in [-0.4, -0.2) is 16.2 Å². The van der Waals surface area contributed by atoms with E-state index in [2.05, 4.69) is 0 Å². The maximum absolute atomic E-state index is 11.7. The molecule has 0 spiro atoms. The molecule has 0 saturated heterocycles. The Labute approximate surface area is 87.3 Å². The molecule has 1 heterocycles. The summed E-state index contributed by atoms with van der Waals surface area (Å²) >= 11 is 0. The number of methoxy groups -OCH3 is 1. The highest BCUT2D eigenvalue weighted by Gasteiger charge is 2.07. The molecule has 15 heavy (non-hydrogen) atoms. The van der Waals surface area contributed by atoms with Crippen molar-refractivity contribution in [2.75, 3.05) is 7.11 Å². The van der Waals surface area contributed by atoms with E-state index in [1.807, 2.05) is 24.3 Å². The number of aromatic nitrogens is 2. The number of para-hydroxylation sites is 2. The van der Waals surface area contributed by atoms with Crippen molar-refractivity contribution in [2.24, 2.45) is 7.05 Å². The zero-order valence-corrected chi connectivity index (χ0v) is 8.68. The third-order valence-electron chi connectivity index (χ3n) is 2.29. The predicted octanol–water partition coefficient (Wildman–Crippen LogP) is 1.18. The summed E-state index contributed by atoms with van der Waals surface area (Å²) in [5.74, 6) is 0.686. The zero-order chi connectivity index (χ0) is 10.8. The van der Waals surface area contributed by atoms with Crippen molar-refractivity contribution >= 4 is 0 Å². The van der Waals surface area contributed by atoms with Gasteiger partial charge in [-0.05, 0) is 12.1 Å². The molecule has 0 saturated carbocycles. The molecule has 0 unspecified atom stereocenters. The molecule has 0 N–H and O–H groups in total. The Hall–Kier alpha value is -1.97. The van der Waals surface area contributed by atoms with Crippen molar-refractivity contribution in [3.63, 3.8) is 0 Å². The molecule has 78 valence electrons. The molecule has 0 aliphatic rings. The molecule has 2 aromatic rings. The van der Waals surface area contributed by atoms with E-state index in [0.29, 0.717) is 5.75 Å². The Kier molecular flexibility index (Phi) is 2.33. The summed E-state index contributed by atoms with van der Waals surface area (Å²) in [5, 5.41) is 0. The van der Waals surface area contributed by atoms with Gasteiger partial charge in [0.2, 0.25) is 0 Å². The number of hydrogen-bond donors (Lipinski definition) is 0. The summed E-state index contributed by atoms with van der Waals surface area (Å²) in [7, 11) is 3.31. The number of imidazole rings is 1. The second-order valence-electron chi connectivity index (χ2n) is 3.23. The summed E-state index contributed by atoms with van der Waals surface area (Å²) in [6.07, 6.45) is 3.44. The van der Waals surface area contributed by atoms with Gasteiger partial charge in [0.15, 0.2) is 0 Å². The van der Waals surface area contributed by atoms with Gasteiger partial charge in [0.1, 0.15) is 5.75 Å². The van der Waals surface area contributed by atoms with Gasteiger partial charge in [-0.3, -0.25) is 4.57 Å². The number of ether oxygens (including phenoxy) is 1. The number of aryl methyl sites for hydroxylation is 1. The van der Waals surface area contributed by atoms with Gasteiger partial charge in [-0.2, -0.15) is 0 Å². The van der Waals surface area contributed by atoms with Crippen LogP contribution in [0.5, 0.6) is 5.75 Å². The minimum absolute atomic E-state index is 0.0838. The summed E-state index contributed by atoms with van der Waals surface area (Å²) < 4.78 is 8.27. The van der Waals surface area contributed by atoms with Crippen molar-refractivity contribution in [3.8, 4) is 11.4 Å². The monoisotopic (exact) mass is 204 g/mol. The molecular weight excluding hydrogens is 192 g/mol. The largest absolute Gasteiger partial charge is 0.495 e. The molecule has 2 rings (SSSR count). The highest BCUT2D eigenvalue weighted by Crippen LogP contribution is 2.20. The van der Waals surface area contributed by atoms with Crippen LogP contribution in [0.1, 0.15) is 0 Å². The van der Waals surface area contributed by atoms with Gasteiger partial charge in [0, 0.05) is 19.4 Å². The van der Waals surface area contributed by atoms with E-state index in [9.17, 15) is 4.79 Å². The van der Waals surface area contributed by atoms with E-state index in [-0.39, 0.29) is 5.69 Å². The summed E-state index contributed by atoms with van der Waals surface area (Å²) in [6, 6.07) is 7.42. The lowest BCUT2D eigenvalue weighted by molar-refractivity contribution is 0.412. The van der Waals surface area contributed by atoms with Crippen LogP contribution in [0.2, 0.25) is 0 Å². The smallest absolute Gasteiger partial charge is 0.332 e. The zero-order valence-electron chi connectivity index (χ0n) is 8.68. The van der Waals surface area contributed by atoms with Crippen molar-refractivity contribution in [2.45, 2.75) is 0 Å². The van der Waals surface area contributed by atoms with Crippen LogP contribution in [0.25, 0.3) is 5.69 Å². The summed E-state index contributed by atoms with van der Waals surface area (Å²) in [4.78, 5) is 11.7. The summed E-state index contributed by atoms with van der Waals surface area (Å²) in [5.41, 5.74) is 0.671. The molecule has 0 amide bonds. The van der Waals surface area contributed by atoms with Crippen molar-refractivity contribution < 1.29 is 4.74 Å². The third kappa shape index (κ3) is 1.54. The molecule has 1 aromatic heterocycles. The van der Waals surface area contributed by atoms with Gasteiger partial charge in [0.05, 0.1) is 12.8 Å². The molecule has 0 aliphatic heterocycles. The Bertz CT molecular complexity index is 525. The van der Waals surface area contributed by atoms with Gasteiger partial charge < -0.3 is 9.30 Å². The van der Waals surface area contributed by atoms with E-state index in [1.165, 1.54) is 4.57 Å². The average Bonchev–Trinajstić information content (AvgIpc) is 2.60. The Morgan fingerprint density at radius 3 is 2.53 bits per heavy atom. The minimum Gasteiger partial charge on any atom is -0.495 e. The number of hydrogen-bond acceptors (Lipinski definition) is 2. The lowest BCUT2D eigenvalue weighted by Gasteiger charge is -2.07. The van der Waals surface area contributed by atoms with E-state index in [1.54, 1.807) is 31.1 Å². The third-order valence-corrected chi connectivity index (χ3v) is 2.29. The van der Waals surface area contributed by atoms with Crippen LogP contribution >= 0.6 is 0 Å². The van der Waals surface area contributed by atoms with Gasteiger partial charge in [-0.25, -0.2) is 4.79 Å². The van der Waals surface area contributed by atoms with Crippen molar-refractivity contribution in [3.05, 3.63) is 47.1 Å². The molecule has 0 aliphatic carbocycles. The number of rotatable bonds is 2. The van der Waals surface area contributed by atoms with Crippen LogP contribution in [0.15, 0.2) is 41.5 Å². The van der Waals surface area contributed by atoms with Crippen LogP contribution in [0.3, 0.4) is 0 Å². The molecule has 0 bridgehead atoms. The fourth-order valence-corrected chi connectivity index (χ4v) is 1.48. The fourth-order valence-electron chi connectivity index (χ4n) is 1.48. The van der Waals surface area contributed by atoms with E-state index < -0.39 is 0 Å². The highest BCUT2D eigenvalue weighted by atomic mass is 16.5. The maximum Gasteiger partial charge on any atom is 0.332 e. The standard InChI is InChI=1S/C11H12N2O2/c1-12-7-8-13(11(12)14)9-5-3-4-6-10(9)15-2/h3-8H,1-2H3. The van der Waals surface area contributed by atoms with Crippen molar-refractivity contribution in [1.29, 1.82) is 0 Å². The van der Waals surface area contributed by atoms with E-state index in [4.69, 9.17) is 4.74 Å². The van der Waals surface area contributed by atoms with E-state index >= 15 is 0 Å². The van der Waals surface area contributed by atoms with Gasteiger partial charge >= 0.3 is 5.69 Å². The first-order chi connectivity index (χ1) is 7.24. The van der Waals surface area contributed by atoms with Gasteiger partial charge in [-0.15, -0.1) is 0 Å². The minimum atomic E-state index is -0.0838. The molecule has 4 heteroatoms. The second-order valence-corrected chi connectivity index (χ2v) is 3.23. The normalized spacial score (nSPS) is 10.3. The van der Waals surface area contributed by atoms with Crippen LogP contribution in [-0.2, 0) is 7.05 Å². The lowest BCUT2D eigenvalue weighted by atomic mass is 10.3. The fraction of sp³-hybridized carbons (Fsp3) is 0.182. The topological polar surface area (TPSA) is 36.2 Å². The first kappa shape index (κ1) is 9.58. The first-order valence-corrected chi connectivity index (χ1v) is 4.61. The first-order valence-electron chi connectivity index (χ1n) is 4.61. The van der Waals surface area contributed by atoms with Crippen molar-refractivity contribution in [1.82, 2.24) is 9.13 Å². The molecule has 0 radical (unpaired) electrons. The van der Waals surface area contributed by atoms with Crippen LogP contribution < -0.4 is 10.4 Å². The highest BCUT2D eigenvalue weighted by molar-refractivity contribution is 5.46. The lowest BCUT2D eigenvalue weighted by Crippen LogP contribution is -2.20. The number of nitrogens with zero attached hydrogens (tertiary/aromatic N) is 2. The van der Waals surface area contributed by atoms with Crippen LogP contribution in [0, 0.1) is 0 Å². The average molecular weight is 204 g/mol. The Morgan fingerprint density at radius 2 is 1.93 bits per heavy atom. The molecule has 4 nitrogen and oxygen atoms in total. The second kappa shape index (κ2) is 3.65. The Morgan fingerprint density at radius 1 is 1.20 bits per heavy atom. The number of benzene rings is 1. The maximum atomic E-state index is 11.7. The molecule has 1 aromatic carbocycles. The van der Waals surface area contributed by atoms with Gasteiger partial charge in [-0.1, -0.05) is 12.1 Å². The Balaban J connectivity index is 2.64. The predicted molar refractivity (Wildman–Crippen MR) is 57.6 cm³/mol. The SMILES string of the molecule is COc1ccccc1-n1ccn(C)c1=O. The van der Waals surface area contributed by atoms with Crippen LogP contribution in [0.4, 0.5) is 0 Å². The molecule has 0 atom stereocenters. The van der Waals surface area contributed by atoms with E-state index in [0.717, 1.165) is 5.69 Å².